The molecule has 2 unspecified atom stereocenters. The molecule has 0 aromatic heterocycles. The van der Waals surface area contributed by atoms with Crippen molar-refractivity contribution in [1.29, 1.82) is 0 Å². The van der Waals surface area contributed by atoms with Gasteiger partial charge in [-0.25, -0.2) is 0 Å². The lowest BCUT2D eigenvalue weighted by atomic mass is 9.72. The molecule has 2 atom stereocenters. The van der Waals surface area contributed by atoms with Gasteiger partial charge >= 0.3 is 0 Å². The van der Waals surface area contributed by atoms with Crippen LogP contribution in [0.5, 0.6) is 0 Å². The smallest absolute Gasteiger partial charge is 0.0596 e. The van der Waals surface area contributed by atoms with Gasteiger partial charge in [-0.05, 0) is 30.6 Å². The van der Waals surface area contributed by atoms with Crippen molar-refractivity contribution < 1.29 is 5.11 Å². The largest absolute Gasteiger partial charge is 0.393 e. The van der Waals surface area contributed by atoms with Gasteiger partial charge in [-0.2, -0.15) is 0 Å². The predicted octanol–water partition coefficient (Wildman–Crippen LogP) is 2.97. The van der Waals surface area contributed by atoms with Gasteiger partial charge in [0.1, 0.15) is 0 Å². The Labute approximate surface area is 81.5 Å². The van der Waals surface area contributed by atoms with Crippen LogP contribution >= 0.6 is 0 Å². The summed E-state index contributed by atoms with van der Waals surface area (Å²) in [6, 6.07) is 0. The molecule has 0 aliphatic heterocycles. The lowest BCUT2D eigenvalue weighted by molar-refractivity contribution is 0.0132. The monoisotopic (exact) mass is 182 g/mol. The maximum Gasteiger partial charge on any atom is 0.0596 e. The van der Waals surface area contributed by atoms with Crippen LogP contribution in [0.2, 0.25) is 0 Å². The van der Waals surface area contributed by atoms with Crippen LogP contribution < -0.4 is 0 Å². The third-order valence-electron chi connectivity index (χ3n) is 4.31. The molecule has 2 aliphatic carbocycles. The Bertz CT molecular complexity index is 157. The Balaban J connectivity index is 1.83. The van der Waals surface area contributed by atoms with Crippen molar-refractivity contribution in [3.63, 3.8) is 0 Å². The quantitative estimate of drug-likeness (QED) is 0.711. The topological polar surface area (TPSA) is 20.2 Å². The molecule has 1 N–H and O–H groups in total. The van der Waals surface area contributed by atoms with E-state index in [-0.39, 0.29) is 6.10 Å². The summed E-state index contributed by atoms with van der Waals surface area (Å²) in [5.74, 6) is 2.04. The zero-order chi connectivity index (χ0) is 9.26. The number of hydrogen-bond donors (Lipinski definition) is 1. The molecule has 0 heterocycles. The molecule has 1 heteroatoms. The van der Waals surface area contributed by atoms with Gasteiger partial charge in [-0.3, -0.25) is 0 Å². The van der Waals surface area contributed by atoms with Crippen molar-refractivity contribution in [3.8, 4) is 0 Å². The second-order valence-corrected chi connectivity index (χ2v) is 5.09. The predicted molar refractivity (Wildman–Crippen MR) is 54.5 cm³/mol. The summed E-state index contributed by atoms with van der Waals surface area (Å²) in [5.41, 5.74) is 0. The number of hydrogen-bond acceptors (Lipinski definition) is 1. The maximum absolute atomic E-state index is 10.2. The second kappa shape index (κ2) is 4.00. The zero-order valence-electron chi connectivity index (χ0n) is 8.71. The average molecular weight is 182 g/mol. The SMILES string of the molecule is CC(C1CCC1)C(O)C1CCCC1. The Hall–Kier alpha value is -0.0400. The van der Waals surface area contributed by atoms with Crippen molar-refractivity contribution in [2.75, 3.05) is 0 Å². The summed E-state index contributed by atoms with van der Waals surface area (Å²) in [6.45, 7) is 2.26. The molecule has 2 fully saturated rings. The van der Waals surface area contributed by atoms with Gasteiger partial charge in [-0.1, -0.05) is 39.0 Å². The molecule has 0 aromatic carbocycles. The Morgan fingerprint density at radius 1 is 0.923 bits per heavy atom. The van der Waals surface area contributed by atoms with Crippen LogP contribution in [0, 0.1) is 17.8 Å². The lowest BCUT2D eigenvalue weighted by Gasteiger charge is -2.36. The first-order valence-electron chi connectivity index (χ1n) is 5.97. The molecule has 0 amide bonds. The number of rotatable bonds is 3. The molecule has 2 aliphatic rings. The third-order valence-corrected chi connectivity index (χ3v) is 4.31. The molecule has 2 rings (SSSR count). The minimum atomic E-state index is 0.00722. The first-order valence-corrected chi connectivity index (χ1v) is 5.97. The van der Waals surface area contributed by atoms with E-state index in [0.717, 1.165) is 5.92 Å². The molecule has 0 radical (unpaired) electrons. The first-order chi connectivity index (χ1) is 6.29. The van der Waals surface area contributed by atoms with Crippen molar-refractivity contribution in [1.82, 2.24) is 0 Å². The molecule has 0 bridgehead atoms. The van der Waals surface area contributed by atoms with Gasteiger partial charge in [0.2, 0.25) is 0 Å². The van der Waals surface area contributed by atoms with E-state index in [4.69, 9.17) is 0 Å². The van der Waals surface area contributed by atoms with E-state index in [2.05, 4.69) is 6.92 Å². The van der Waals surface area contributed by atoms with E-state index >= 15 is 0 Å². The van der Waals surface area contributed by atoms with Crippen LogP contribution in [-0.2, 0) is 0 Å². The highest BCUT2D eigenvalue weighted by Crippen LogP contribution is 2.39. The van der Waals surface area contributed by atoms with Crippen molar-refractivity contribution in [2.45, 2.75) is 58.0 Å². The van der Waals surface area contributed by atoms with E-state index in [1.54, 1.807) is 0 Å². The van der Waals surface area contributed by atoms with Gasteiger partial charge in [0.15, 0.2) is 0 Å². The fourth-order valence-corrected chi connectivity index (χ4v) is 2.97. The summed E-state index contributed by atoms with van der Waals surface area (Å²) in [4.78, 5) is 0. The van der Waals surface area contributed by atoms with Crippen LogP contribution in [-0.4, -0.2) is 11.2 Å². The van der Waals surface area contributed by atoms with Crippen molar-refractivity contribution in [3.05, 3.63) is 0 Å². The Kier molecular flexibility index (Phi) is 2.92. The molecule has 0 spiro atoms. The van der Waals surface area contributed by atoms with Crippen LogP contribution in [0.15, 0.2) is 0 Å². The van der Waals surface area contributed by atoms with Gasteiger partial charge in [-0.15, -0.1) is 0 Å². The van der Waals surface area contributed by atoms with E-state index in [9.17, 15) is 5.11 Å². The average Bonchev–Trinajstić information content (AvgIpc) is 2.51. The standard InChI is InChI=1S/C12H22O/c1-9(10-7-4-8-10)12(13)11-5-2-3-6-11/h9-13H,2-8H2,1H3. The highest BCUT2D eigenvalue weighted by molar-refractivity contribution is 4.84. The highest BCUT2D eigenvalue weighted by atomic mass is 16.3. The second-order valence-electron chi connectivity index (χ2n) is 5.09. The van der Waals surface area contributed by atoms with E-state index in [1.807, 2.05) is 0 Å². The third kappa shape index (κ3) is 1.90. The van der Waals surface area contributed by atoms with Crippen LogP contribution in [0.1, 0.15) is 51.9 Å². The highest BCUT2D eigenvalue weighted by Gasteiger charge is 2.34. The normalized spacial score (nSPS) is 30.0. The van der Waals surface area contributed by atoms with E-state index in [0.29, 0.717) is 11.8 Å². The molecular formula is C12H22O. The Morgan fingerprint density at radius 3 is 1.92 bits per heavy atom. The van der Waals surface area contributed by atoms with E-state index in [1.165, 1.54) is 44.9 Å². The van der Waals surface area contributed by atoms with Crippen LogP contribution in [0.3, 0.4) is 0 Å². The van der Waals surface area contributed by atoms with Crippen molar-refractivity contribution in [2.24, 2.45) is 17.8 Å². The molecule has 13 heavy (non-hydrogen) atoms. The summed E-state index contributed by atoms with van der Waals surface area (Å²) in [6.07, 6.45) is 9.38. The van der Waals surface area contributed by atoms with Gasteiger partial charge < -0.3 is 5.11 Å². The van der Waals surface area contributed by atoms with Gasteiger partial charge in [0, 0.05) is 0 Å². The molecular weight excluding hydrogens is 160 g/mol. The molecule has 2 saturated carbocycles. The van der Waals surface area contributed by atoms with Gasteiger partial charge in [0.25, 0.3) is 0 Å². The first kappa shape index (κ1) is 9.51. The van der Waals surface area contributed by atoms with Crippen molar-refractivity contribution >= 4 is 0 Å². The zero-order valence-corrected chi connectivity index (χ0v) is 8.71. The molecule has 0 aromatic rings. The fraction of sp³-hybridized carbons (Fsp3) is 1.00. The minimum absolute atomic E-state index is 0.00722. The summed E-state index contributed by atoms with van der Waals surface area (Å²) >= 11 is 0. The molecule has 76 valence electrons. The Morgan fingerprint density at radius 2 is 1.46 bits per heavy atom. The van der Waals surface area contributed by atoms with Gasteiger partial charge in [0.05, 0.1) is 6.10 Å². The summed E-state index contributed by atoms with van der Waals surface area (Å²) < 4.78 is 0. The van der Waals surface area contributed by atoms with Crippen LogP contribution in [0.25, 0.3) is 0 Å². The molecule has 1 nitrogen and oxygen atoms in total. The fourth-order valence-electron chi connectivity index (χ4n) is 2.97. The summed E-state index contributed by atoms with van der Waals surface area (Å²) in [5, 5.41) is 10.2. The molecule has 0 saturated heterocycles. The summed E-state index contributed by atoms with van der Waals surface area (Å²) in [7, 11) is 0. The number of aliphatic hydroxyl groups excluding tert-OH is 1. The lowest BCUT2D eigenvalue weighted by Crippen LogP contribution is -2.34. The maximum atomic E-state index is 10.2. The van der Waals surface area contributed by atoms with Crippen LogP contribution in [0.4, 0.5) is 0 Å². The van der Waals surface area contributed by atoms with E-state index < -0.39 is 0 Å². The number of aliphatic hydroxyl groups is 1. The minimum Gasteiger partial charge on any atom is -0.393 e.